The number of halogens is 1. The number of hydrogen-bond acceptors (Lipinski definition) is 3. The molecule has 0 bridgehead atoms. The Labute approximate surface area is 139 Å². The fourth-order valence-corrected chi connectivity index (χ4v) is 2.56. The number of ketones is 1. The van der Waals surface area contributed by atoms with Gasteiger partial charge in [0, 0.05) is 23.3 Å². The molecule has 0 saturated carbocycles. The van der Waals surface area contributed by atoms with Crippen LogP contribution in [0.2, 0.25) is 5.02 Å². The van der Waals surface area contributed by atoms with Crippen molar-refractivity contribution in [3.63, 3.8) is 0 Å². The summed E-state index contributed by atoms with van der Waals surface area (Å²) in [6, 6.07) is 13.9. The molecule has 3 aromatic rings. The highest BCUT2D eigenvalue weighted by atomic mass is 35.5. The summed E-state index contributed by atoms with van der Waals surface area (Å²) in [5.41, 5.74) is 2.35. The van der Waals surface area contributed by atoms with E-state index in [2.05, 4.69) is 4.98 Å². The summed E-state index contributed by atoms with van der Waals surface area (Å²) >= 11 is 5.98. The lowest BCUT2D eigenvalue weighted by Crippen LogP contribution is -2.03. The number of hydrogen-bond donors (Lipinski definition) is 1. The summed E-state index contributed by atoms with van der Waals surface area (Å²) in [6.07, 6.45) is 3.80. The quantitative estimate of drug-likeness (QED) is 0.727. The number of rotatable bonds is 5. The van der Waals surface area contributed by atoms with Crippen LogP contribution in [0.1, 0.15) is 21.6 Å². The standard InChI is InChI=1S/C18H15ClN2O2/c19-15-3-1-2-13(8-15)10-21-11-16(20-12-21)9-18(23)14-4-6-17(22)7-5-14/h1-8,11-12,22H,9-10H2. The third-order valence-corrected chi connectivity index (χ3v) is 3.71. The summed E-state index contributed by atoms with van der Waals surface area (Å²) in [7, 11) is 0. The zero-order valence-corrected chi connectivity index (χ0v) is 13.1. The summed E-state index contributed by atoms with van der Waals surface area (Å²) in [4.78, 5) is 16.5. The van der Waals surface area contributed by atoms with E-state index in [9.17, 15) is 9.90 Å². The van der Waals surface area contributed by atoms with Crippen molar-refractivity contribution < 1.29 is 9.90 Å². The molecule has 0 aliphatic rings. The maximum atomic E-state index is 12.2. The highest BCUT2D eigenvalue weighted by Gasteiger charge is 2.09. The molecule has 1 heterocycles. The average molecular weight is 327 g/mol. The van der Waals surface area contributed by atoms with E-state index in [0.29, 0.717) is 22.8 Å². The molecule has 0 spiro atoms. The molecule has 0 fully saturated rings. The van der Waals surface area contributed by atoms with Gasteiger partial charge in [-0.1, -0.05) is 23.7 Å². The molecule has 0 atom stereocenters. The molecule has 0 amide bonds. The van der Waals surface area contributed by atoms with E-state index in [1.54, 1.807) is 18.5 Å². The third kappa shape index (κ3) is 3.99. The van der Waals surface area contributed by atoms with Gasteiger partial charge in [-0.25, -0.2) is 4.98 Å². The van der Waals surface area contributed by atoms with Gasteiger partial charge in [-0.05, 0) is 42.0 Å². The number of nitrogens with zero attached hydrogens (tertiary/aromatic N) is 2. The van der Waals surface area contributed by atoms with Crippen molar-refractivity contribution in [2.24, 2.45) is 0 Å². The molecule has 4 nitrogen and oxygen atoms in total. The summed E-state index contributed by atoms with van der Waals surface area (Å²) in [5.74, 6) is 0.116. The van der Waals surface area contributed by atoms with Crippen molar-refractivity contribution in [3.05, 3.63) is 82.9 Å². The number of aromatic hydroxyl groups is 1. The SMILES string of the molecule is O=C(Cc1cn(Cc2cccc(Cl)c2)cn1)c1ccc(O)cc1. The first-order chi connectivity index (χ1) is 11.1. The average Bonchev–Trinajstić information content (AvgIpc) is 2.95. The number of phenols is 1. The maximum absolute atomic E-state index is 12.2. The van der Waals surface area contributed by atoms with Crippen LogP contribution in [0.3, 0.4) is 0 Å². The molecular formula is C18H15ClN2O2. The molecule has 1 aromatic heterocycles. The van der Waals surface area contributed by atoms with Gasteiger partial charge >= 0.3 is 0 Å². The Hall–Kier alpha value is -2.59. The number of carbonyl (C=O) groups excluding carboxylic acids is 1. The minimum atomic E-state index is -0.0296. The van der Waals surface area contributed by atoms with Crippen LogP contribution in [0, 0.1) is 0 Å². The predicted molar refractivity (Wildman–Crippen MR) is 88.9 cm³/mol. The van der Waals surface area contributed by atoms with E-state index in [-0.39, 0.29) is 18.0 Å². The van der Waals surface area contributed by atoms with Crippen LogP contribution in [0.4, 0.5) is 0 Å². The Morgan fingerprint density at radius 3 is 2.70 bits per heavy atom. The molecular weight excluding hydrogens is 312 g/mol. The van der Waals surface area contributed by atoms with Crippen molar-refractivity contribution in [2.45, 2.75) is 13.0 Å². The molecule has 23 heavy (non-hydrogen) atoms. The molecule has 5 heteroatoms. The van der Waals surface area contributed by atoms with E-state index in [0.717, 1.165) is 5.56 Å². The fourth-order valence-electron chi connectivity index (χ4n) is 2.34. The topological polar surface area (TPSA) is 55.1 Å². The van der Waals surface area contributed by atoms with Crippen LogP contribution in [-0.4, -0.2) is 20.4 Å². The zero-order valence-electron chi connectivity index (χ0n) is 12.3. The smallest absolute Gasteiger partial charge is 0.168 e. The van der Waals surface area contributed by atoms with Crippen molar-refractivity contribution >= 4 is 17.4 Å². The lowest BCUT2D eigenvalue weighted by atomic mass is 10.1. The van der Waals surface area contributed by atoms with Gasteiger partial charge in [0.05, 0.1) is 18.4 Å². The van der Waals surface area contributed by atoms with Gasteiger partial charge in [-0.3, -0.25) is 4.79 Å². The van der Waals surface area contributed by atoms with Gasteiger partial charge in [0.2, 0.25) is 0 Å². The molecule has 0 aliphatic heterocycles. The second-order valence-corrected chi connectivity index (χ2v) is 5.75. The van der Waals surface area contributed by atoms with Crippen molar-refractivity contribution in [3.8, 4) is 5.75 Å². The Bertz CT molecular complexity index is 825. The zero-order chi connectivity index (χ0) is 16.2. The summed E-state index contributed by atoms with van der Waals surface area (Å²) in [5, 5.41) is 9.95. The number of imidazole rings is 1. The molecule has 1 N–H and O–H groups in total. The normalized spacial score (nSPS) is 10.7. The second kappa shape index (κ2) is 6.67. The van der Waals surface area contributed by atoms with E-state index in [4.69, 9.17) is 11.6 Å². The number of phenolic OH excluding ortho intramolecular Hbond substituents is 1. The van der Waals surface area contributed by atoms with Crippen LogP contribution in [0.5, 0.6) is 5.75 Å². The van der Waals surface area contributed by atoms with E-state index in [1.807, 2.05) is 35.0 Å². The van der Waals surface area contributed by atoms with Gasteiger partial charge in [0.25, 0.3) is 0 Å². The van der Waals surface area contributed by atoms with E-state index < -0.39 is 0 Å². The Kier molecular flexibility index (Phi) is 4.44. The van der Waals surface area contributed by atoms with Crippen LogP contribution in [0.25, 0.3) is 0 Å². The molecule has 3 rings (SSSR count). The van der Waals surface area contributed by atoms with Crippen molar-refractivity contribution in [2.75, 3.05) is 0 Å². The molecule has 116 valence electrons. The number of aromatic nitrogens is 2. The lowest BCUT2D eigenvalue weighted by Gasteiger charge is -2.02. The van der Waals surface area contributed by atoms with E-state index in [1.165, 1.54) is 12.1 Å². The molecule has 2 aromatic carbocycles. The number of carbonyl (C=O) groups is 1. The fraction of sp³-hybridized carbons (Fsp3) is 0.111. The van der Waals surface area contributed by atoms with Gasteiger partial charge in [-0.15, -0.1) is 0 Å². The minimum absolute atomic E-state index is 0.0296. The van der Waals surface area contributed by atoms with Crippen molar-refractivity contribution in [1.29, 1.82) is 0 Å². The van der Waals surface area contributed by atoms with Gasteiger partial charge in [0.15, 0.2) is 5.78 Å². The van der Waals surface area contributed by atoms with Gasteiger partial charge < -0.3 is 9.67 Å². The van der Waals surface area contributed by atoms with Gasteiger partial charge in [-0.2, -0.15) is 0 Å². The minimum Gasteiger partial charge on any atom is -0.508 e. The first kappa shape index (κ1) is 15.3. The summed E-state index contributed by atoms with van der Waals surface area (Å²) in [6.45, 7) is 0.654. The Balaban J connectivity index is 1.67. The largest absolute Gasteiger partial charge is 0.508 e. The predicted octanol–water partition coefficient (Wildman–Crippen LogP) is 3.72. The summed E-state index contributed by atoms with van der Waals surface area (Å²) < 4.78 is 1.92. The van der Waals surface area contributed by atoms with Crippen molar-refractivity contribution in [1.82, 2.24) is 9.55 Å². The maximum Gasteiger partial charge on any atom is 0.168 e. The molecule has 0 unspecified atom stereocenters. The Morgan fingerprint density at radius 2 is 1.96 bits per heavy atom. The lowest BCUT2D eigenvalue weighted by molar-refractivity contribution is 0.0992. The molecule has 0 radical (unpaired) electrons. The highest BCUT2D eigenvalue weighted by Crippen LogP contribution is 2.14. The van der Waals surface area contributed by atoms with Gasteiger partial charge in [0.1, 0.15) is 5.75 Å². The molecule has 0 saturated heterocycles. The van der Waals surface area contributed by atoms with E-state index >= 15 is 0 Å². The monoisotopic (exact) mass is 326 g/mol. The first-order valence-electron chi connectivity index (χ1n) is 7.17. The van der Waals surface area contributed by atoms with Crippen LogP contribution < -0.4 is 0 Å². The molecule has 0 aliphatic carbocycles. The number of benzene rings is 2. The van der Waals surface area contributed by atoms with Crippen LogP contribution in [-0.2, 0) is 13.0 Å². The Morgan fingerprint density at radius 1 is 1.17 bits per heavy atom. The third-order valence-electron chi connectivity index (χ3n) is 3.47. The second-order valence-electron chi connectivity index (χ2n) is 5.31. The highest BCUT2D eigenvalue weighted by molar-refractivity contribution is 6.30. The number of Topliss-reactive ketones (excluding diaryl/α,β-unsaturated/α-hetero) is 1. The van der Waals surface area contributed by atoms with Crippen LogP contribution >= 0.6 is 11.6 Å². The first-order valence-corrected chi connectivity index (χ1v) is 7.55. The van der Waals surface area contributed by atoms with Crippen LogP contribution in [0.15, 0.2) is 61.1 Å².